The first-order valence-electron chi connectivity index (χ1n) is 6.73. The molecule has 0 aliphatic heterocycles. The van der Waals surface area contributed by atoms with Gasteiger partial charge in [0.2, 0.25) is 0 Å². The summed E-state index contributed by atoms with van der Waals surface area (Å²) in [6.45, 7) is 0.511. The number of nitrogens with one attached hydrogen (secondary N) is 1. The van der Waals surface area contributed by atoms with Gasteiger partial charge < -0.3 is 14.8 Å². The van der Waals surface area contributed by atoms with Crippen molar-refractivity contribution in [1.29, 1.82) is 0 Å². The Morgan fingerprint density at radius 3 is 2.64 bits per heavy atom. The Labute approximate surface area is 132 Å². The summed E-state index contributed by atoms with van der Waals surface area (Å²) in [6.07, 6.45) is 0.707. The second-order valence-electron chi connectivity index (χ2n) is 4.51. The first-order valence-corrected chi connectivity index (χ1v) is 7.55. The molecule has 0 atom stereocenters. The maximum atomic E-state index is 12.0. The van der Waals surface area contributed by atoms with E-state index >= 15 is 0 Å². The topological polar surface area (TPSA) is 64.6 Å². The van der Waals surface area contributed by atoms with E-state index in [1.807, 2.05) is 24.3 Å². The molecule has 0 aliphatic carbocycles. The summed E-state index contributed by atoms with van der Waals surface area (Å²) in [5.41, 5.74) is 1.08. The number of carbonyl (C=O) groups is 2. The van der Waals surface area contributed by atoms with Gasteiger partial charge in [0.15, 0.2) is 0 Å². The Hall–Kier alpha value is -2.34. The lowest BCUT2D eigenvalue weighted by atomic mass is 10.1. The van der Waals surface area contributed by atoms with E-state index in [-0.39, 0.29) is 5.91 Å². The van der Waals surface area contributed by atoms with E-state index < -0.39 is 5.97 Å². The van der Waals surface area contributed by atoms with E-state index in [1.54, 1.807) is 19.2 Å². The van der Waals surface area contributed by atoms with Gasteiger partial charge in [-0.05, 0) is 36.2 Å². The van der Waals surface area contributed by atoms with Gasteiger partial charge in [-0.2, -0.15) is 0 Å². The van der Waals surface area contributed by atoms with Gasteiger partial charge in [-0.15, -0.1) is 11.3 Å². The van der Waals surface area contributed by atoms with Gasteiger partial charge in [-0.3, -0.25) is 4.79 Å². The molecule has 0 fully saturated rings. The highest BCUT2D eigenvalue weighted by Gasteiger charge is 2.13. The van der Waals surface area contributed by atoms with Crippen LogP contribution in [0.15, 0.2) is 36.4 Å². The van der Waals surface area contributed by atoms with Crippen LogP contribution < -0.4 is 10.1 Å². The highest BCUT2D eigenvalue weighted by Crippen LogP contribution is 2.17. The molecule has 0 saturated heterocycles. The Morgan fingerprint density at radius 1 is 1.14 bits per heavy atom. The molecule has 1 aromatic carbocycles. The standard InChI is InChI=1S/C16H17NO4S/c1-20-12-5-3-4-11(10-12)8-9-17-15(18)13-6-7-14(22-13)16(19)21-2/h3-7,10H,8-9H2,1-2H3,(H,17,18). The molecule has 0 bridgehead atoms. The van der Waals surface area contributed by atoms with Crippen molar-refractivity contribution in [1.82, 2.24) is 5.32 Å². The van der Waals surface area contributed by atoms with Crippen LogP contribution in [-0.2, 0) is 11.2 Å². The summed E-state index contributed by atoms with van der Waals surface area (Å²) in [7, 11) is 2.94. The zero-order valence-corrected chi connectivity index (χ0v) is 13.2. The van der Waals surface area contributed by atoms with Gasteiger partial charge in [0, 0.05) is 6.54 Å². The molecular weight excluding hydrogens is 302 g/mol. The van der Waals surface area contributed by atoms with Gasteiger partial charge in [0.1, 0.15) is 10.6 Å². The van der Waals surface area contributed by atoms with E-state index in [9.17, 15) is 9.59 Å². The van der Waals surface area contributed by atoms with Crippen LogP contribution in [0.1, 0.15) is 24.9 Å². The molecule has 1 heterocycles. The molecule has 0 aliphatic rings. The van der Waals surface area contributed by atoms with E-state index in [2.05, 4.69) is 10.1 Å². The summed E-state index contributed by atoms with van der Waals surface area (Å²) in [5.74, 6) is 0.174. The number of methoxy groups -OCH3 is 2. The molecule has 0 radical (unpaired) electrons. The number of esters is 1. The second-order valence-corrected chi connectivity index (χ2v) is 5.60. The lowest BCUT2D eigenvalue weighted by molar-refractivity contribution is 0.0606. The fraction of sp³-hybridized carbons (Fsp3) is 0.250. The van der Waals surface area contributed by atoms with E-state index in [1.165, 1.54) is 7.11 Å². The maximum Gasteiger partial charge on any atom is 0.348 e. The zero-order valence-electron chi connectivity index (χ0n) is 12.4. The Kier molecular flexibility index (Phi) is 5.55. The number of rotatable bonds is 6. The van der Waals surface area contributed by atoms with Crippen LogP contribution in [0.4, 0.5) is 0 Å². The average Bonchev–Trinajstić information content (AvgIpc) is 3.04. The lowest BCUT2D eigenvalue weighted by Gasteiger charge is -2.05. The fourth-order valence-electron chi connectivity index (χ4n) is 1.91. The molecule has 0 unspecified atom stereocenters. The monoisotopic (exact) mass is 319 g/mol. The van der Waals surface area contributed by atoms with Crippen LogP contribution in [0, 0.1) is 0 Å². The molecule has 22 heavy (non-hydrogen) atoms. The number of thiophene rings is 1. The van der Waals surface area contributed by atoms with E-state index in [4.69, 9.17) is 4.74 Å². The predicted octanol–water partition coefficient (Wildman–Crippen LogP) is 2.52. The van der Waals surface area contributed by atoms with Crippen LogP contribution in [0.5, 0.6) is 5.75 Å². The number of benzene rings is 1. The van der Waals surface area contributed by atoms with Crippen molar-refractivity contribution >= 4 is 23.2 Å². The number of hydrogen-bond donors (Lipinski definition) is 1. The quantitative estimate of drug-likeness (QED) is 0.831. The Bertz CT molecular complexity index is 666. The molecule has 6 heteroatoms. The van der Waals surface area contributed by atoms with Gasteiger partial charge in [-0.25, -0.2) is 4.79 Å². The van der Waals surface area contributed by atoms with Crippen LogP contribution in [0.3, 0.4) is 0 Å². The van der Waals surface area contributed by atoms with Crippen LogP contribution >= 0.6 is 11.3 Å². The number of hydrogen-bond acceptors (Lipinski definition) is 5. The summed E-state index contributed by atoms with van der Waals surface area (Å²) < 4.78 is 9.78. The van der Waals surface area contributed by atoms with Crippen LogP contribution in [0.2, 0.25) is 0 Å². The molecule has 1 N–H and O–H groups in total. The van der Waals surface area contributed by atoms with Gasteiger partial charge >= 0.3 is 5.97 Å². The van der Waals surface area contributed by atoms with Crippen molar-refractivity contribution in [2.75, 3.05) is 20.8 Å². The minimum atomic E-state index is -0.430. The third-order valence-electron chi connectivity index (χ3n) is 3.05. The van der Waals surface area contributed by atoms with Crippen molar-refractivity contribution in [3.63, 3.8) is 0 Å². The summed E-state index contributed by atoms with van der Waals surface area (Å²) >= 11 is 1.12. The fourth-order valence-corrected chi connectivity index (χ4v) is 2.75. The first kappa shape index (κ1) is 16.0. The molecule has 1 amide bonds. The average molecular weight is 319 g/mol. The number of amides is 1. The van der Waals surface area contributed by atoms with Crippen molar-refractivity contribution in [3.05, 3.63) is 51.7 Å². The van der Waals surface area contributed by atoms with E-state index in [0.717, 1.165) is 22.6 Å². The maximum absolute atomic E-state index is 12.0. The third-order valence-corrected chi connectivity index (χ3v) is 4.11. The molecular formula is C16H17NO4S. The van der Waals surface area contributed by atoms with Crippen molar-refractivity contribution in [2.45, 2.75) is 6.42 Å². The second kappa shape index (κ2) is 7.61. The molecule has 0 spiro atoms. The molecule has 0 saturated carbocycles. The normalized spacial score (nSPS) is 10.1. The highest BCUT2D eigenvalue weighted by atomic mass is 32.1. The summed E-state index contributed by atoms with van der Waals surface area (Å²) in [6, 6.07) is 10.9. The lowest BCUT2D eigenvalue weighted by Crippen LogP contribution is -2.24. The largest absolute Gasteiger partial charge is 0.497 e. The zero-order chi connectivity index (χ0) is 15.9. The minimum Gasteiger partial charge on any atom is -0.497 e. The smallest absolute Gasteiger partial charge is 0.348 e. The number of ether oxygens (including phenoxy) is 2. The third kappa shape index (κ3) is 4.08. The molecule has 2 rings (SSSR count). The van der Waals surface area contributed by atoms with Gasteiger partial charge in [-0.1, -0.05) is 12.1 Å². The van der Waals surface area contributed by atoms with Crippen LogP contribution in [-0.4, -0.2) is 32.6 Å². The SMILES string of the molecule is COC(=O)c1ccc(C(=O)NCCc2cccc(OC)c2)s1. The number of carbonyl (C=O) groups excluding carboxylic acids is 2. The summed E-state index contributed by atoms with van der Waals surface area (Å²) in [5, 5.41) is 2.83. The molecule has 5 nitrogen and oxygen atoms in total. The molecule has 116 valence electrons. The molecule has 2 aromatic rings. The Balaban J connectivity index is 1.87. The molecule has 1 aromatic heterocycles. The Morgan fingerprint density at radius 2 is 1.91 bits per heavy atom. The summed E-state index contributed by atoms with van der Waals surface area (Å²) in [4.78, 5) is 24.3. The van der Waals surface area contributed by atoms with Crippen molar-refractivity contribution in [2.24, 2.45) is 0 Å². The van der Waals surface area contributed by atoms with Crippen molar-refractivity contribution in [3.8, 4) is 5.75 Å². The van der Waals surface area contributed by atoms with E-state index in [0.29, 0.717) is 22.7 Å². The van der Waals surface area contributed by atoms with Gasteiger partial charge in [0.05, 0.1) is 19.1 Å². The van der Waals surface area contributed by atoms with Crippen molar-refractivity contribution < 1.29 is 19.1 Å². The predicted molar refractivity (Wildman–Crippen MR) is 84.7 cm³/mol. The highest BCUT2D eigenvalue weighted by molar-refractivity contribution is 7.15. The van der Waals surface area contributed by atoms with Crippen LogP contribution in [0.25, 0.3) is 0 Å². The first-order chi connectivity index (χ1) is 10.6. The minimum absolute atomic E-state index is 0.192. The van der Waals surface area contributed by atoms with Gasteiger partial charge in [0.25, 0.3) is 5.91 Å².